The molecule has 0 aliphatic rings. The minimum atomic E-state index is -0.328. The molecule has 0 spiro atoms. The molecule has 0 amide bonds. The highest BCUT2D eigenvalue weighted by atomic mass is 16.5. The van der Waals surface area contributed by atoms with Crippen molar-refractivity contribution in [2.75, 3.05) is 19.7 Å². The predicted octanol–water partition coefficient (Wildman–Crippen LogP) is 1.59. The average molecular weight is 300 g/mol. The van der Waals surface area contributed by atoms with Crippen LogP contribution in [0.2, 0.25) is 0 Å². The standard InChI is InChI=1S/C10H16NO2.C6H4N3/c1-4-7-11(8-5-2)9-10(12)13-6-3;1-2-4-6-5(3-1)7-9-8-6/h4-5,9H,1-2,6-8H2,3H3;1-4H/q+1;-1. The van der Waals surface area contributed by atoms with Crippen LogP contribution in [0, 0.1) is 0 Å². The van der Waals surface area contributed by atoms with Crippen LogP contribution in [-0.4, -0.2) is 46.7 Å². The molecular formula is C16H20N4O2. The van der Waals surface area contributed by atoms with E-state index < -0.39 is 0 Å². The van der Waals surface area contributed by atoms with Gasteiger partial charge in [-0.1, -0.05) is 25.3 Å². The topological polar surface area (TPSA) is 69.2 Å². The zero-order valence-corrected chi connectivity index (χ0v) is 12.7. The summed E-state index contributed by atoms with van der Waals surface area (Å²) in [5, 5.41) is 11.0. The second-order valence-electron chi connectivity index (χ2n) is 4.19. The fraction of sp³-hybridized carbons (Fsp3) is 0.250. The summed E-state index contributed by atoms with van der Waals surface area (Å²) in [7, 11) is 0. The minimum Gasteiger partial charge on any atom is -0.492 e. The van der Waals surface area contributed by atoms with Crippen molar-refractivity contribution in [2.45, 2.75) is 6.92 Å². The first-order chi connectivity index (χ1) is 10.7. The Hall–Kier alpha value is -2.76. The Kier molecular flexibility index (Phi) is 7.89. The lowest BCUT2D eigenvalue weighted by atomic mass is 10.3. The Morgan fingerprint density at radius 2 is 1.77 bits per heavy atom. The minimum absolute atomic E-state index is 0.328. The van der Waals surface area contributed by atoms with E-state index in [1.54, 1.807) is 23.7 Å². The lowest BCUT2D eigenvalue weighted by Crippen LogP contribution is -2.19. The number of hydrogen-bond donors (Lipinski definition) is 0. The smallest absolute Gasteiger partial charge is 0.395 e. The first-order valence-electron chi connectivity index (χ1n) is 6.89. The molecule has 6 nitrogen and oxygen atoms in total. The highest BCUT2D eigenvalue weighted by Gasteiger charge is 2.05. The summed E-state index contributed by atoms with van der Waals surface area (Å²) >= 11 is 0. The van der Waals surface area contributed by atoms with Gasteiger partial charge in [0.2, 0.25) is 6.21 Å². The molecular weight excluding hydrogens is 280 g/mol. The van der Waals surface area contributed by atoms with Gasteiger partial charge < -0.3 is 20.1 Å². The van der Waals surface area contributed by atoms with Gasteiger partial charge in [0, 0.05) is 0 Å². The molecule has 2 rings (SSSR count). The molecule has 1 aromatic carbocycles. The van der Waals surface area contributed by atoms with Gasteiger partial charge in [-0.3, -0.25) is 0 Å². The molecule has 0 N–H and O–H groups in total. The molecule has 0 fully saturated rings. The molecule has 116 valence electrons. The quantitative estimate of drug-likeness (QED) is 0.351. The van der Waals surface area contributed by atoms with Gasteiger partial charge in [-0.2, -0.15) is 0 Å². The Labute approximate surface area is 129 Å². The third kappa shape index (κ3) is 6.13. The maximum atomic E-state index is 11.0. The number of fused-ring (bicyclic) bond motifs is 1. The van der Waals surface area contributed by atoms with E-state index in [4.69, 9.17) is 4.74 Å². The van der Waals surface area contributed by atoms with Crippen LogP contribution in [0.25, 0.3) is 11.0 Å². The second kappa shape index (κ2) is 10.0. The summed E-state index contributed by atoms with van der Waals surface area (Å²) in [4.78, 5) is 11.0. The molecule has 0 saturated heterocycles. The maximum Gasteiger partial charge on any atom is 0.395 e. The molecule has 2 aromatic rings. The van der Waals surface area contributed by atoms with Crippen LogP contribution in [0.3, 0.4) is 0 Å². The van der Waals surface area contributed by atoms with Gasteiger partial charge in [0.05, 0.1) is 17.6 Å². The van der Waals surface area contributed by atoms with Gasteiger partial charge in [-0.05, 0) is 31.2 Å². The van der Waals surface area contributed by atoms with Crippen LogP contribution < -0.4 is 5.21 Å². The van der Waals surface area contributed by atoms with Crippen LogP contribution in [0.4, 0.5) is 0 Å². The molecule has 1 aromatic heterocycles. The number of hydrogen-bond acceptors (Lipinski definition) is 4. The highest BCUT2D eigenvalue weighted by molar-refractivity contribution is 6.20. The highest BCUT2D eigenvalue weighted by Crippen LogP contribution is 2.03. The molecule has 22 heavy (non-hydrogen) atoms. The van der Waals surface area contributed by atoms with Gasteiger partial charge in [-0.15, -0.1) is 0 Å². The molecule has 1 heterocycles. The summed E-state index contributed by atoms with van der Waals surface area (Å²) in [6, 6.07) is 7.60. The molecule has 0 aliphatic heterocycles. The summed E-state index contributed by atoms with van der Waals surface area (Å²) in [6.07, 6.45) is 4.87. The van der Waals surface area contributed by atoms with Crippen LogP contribution >= 0.6 is 0 Å². The van der Waals surface area contributed by atoms with E-state index in [0.717, 1.165) is 11.0 Å². The number of ether oxygens (including phenoxy) is 1. The summed E-state index contributed by atoms with van der Waals surface area (Å²) in [5.74, 6) is -0.328. The fourth-order valence-electron chi connectivity index (χ4n) is 1.59. The maximum absolute atomic E-state index is 11.0. The van der Waals surface area contributed by atoms with Crippen molar-refractivity contribution in [3.63, 3.8) is 0 Å². The van der Waals surface area contributed by atoms with Crippen molar-refractivity contribution in [2.24, 2.45) is 0 Å². The van der Waals surface area contributed by atoms with Crippen LogP contribution in [0.5, 0.6) is 0 Å². The Morgan fingerprint density at radius 1 is 1.23 bits per heavy atom. The number of benzene rings is 1. The normalized spacial score (nSPS) is 9.32. The number of esters is 1. The molecule has 0 bridgehead atoms. The largest absolute Gasteiger partial charge is 0.492 e. The number of rotatable bonds is 6. The summed E-state index contributed by atoms with van der Waals surface area (Å²) in [6.45, 7) is 10.6. The number of carbonyl (C=O) groups is 1. The first kappa shape index (κ1) is 17.3. The second-order valence-corrected chi connectivity index (χ2v) is 4.19. The zero-order valence-electron chi connectivity index (χ0n) is 12.7. The van der Waals surface area contributed by atoms with E-state index in [9.17, 15) is 4.79 Å². The van der Waals surface area contributed by atoms with Crippen molar-refractivity contribution < 1.29 is 14.1 Å². The van der Waals surface area contributed by atoms with Crippen molar-refractivity contribution in [3.8, 4) is 0 Å². The van der Waals surface area contributed by atoms with Crippen molar-refractivity contribution in [3.05, 3.63) is 49.6 Å². The van der Waals surface area contributed by atoms with Gasteiger partial charge in [0.15, 0.2) is 13.1 Å². The fourth-order valence-corrected chi connectivity index (χ4v) is 1.59. The number of aromatic nitrogens is 3. The van der Waals surface area contributed by atoms with Gasteiger partial charge in [-0.25, -0.2) is 9.37 Å². The Balaban J connectivity index is 0.000000231. The third-order valence-electron chi connectivity index (χ3n) is 2.49. The first-order valence-corrected chi connectivity index (χ1v) is 6.89. The van der Waals surface area contributed by atoms with E-state index in [1.807, 2.05) is 24.3 Å². The molecule has 0 saturated carbocycles. The number of carbonyl (C=O) groups excluding carboxylic acids is 1. The van der Waals surface area contributed by atoms with Gasteiger partial charge >= 0.3 is 5.97 Å². The van der Waals surface area contributed by atoms with E-state index in [1.165, 1.54) is 6.21 Å². The Bertz CT molecular complexity index is 604. The lowest BCUT2D eigenvalue weighted by molar-refractivity contribution is -0.502. The third-order valence-corrected chi connectivity index (χ3v) is 2.49. The van der Waals surface area contributed by atoms with Gasteiger partial charge in [0.25, 0.3) is 0 Å². The van der Waals surface area contributed by atoms with E-state index in [-0.39, 0.29) is 5.97 Å². The van der Waals surface area contributed by atoms with E-state index in [0.29, 0.717) is 19.7 Å². The van der Waals surface area contributed by atoms with E-state index in [2.05, 4.69) is 28.6 Å². The van der Waals surface area contributed by atoms with Crippen molar-refractivity contribution in [1.82, 2.24) is 15.4 Å². The van der Waals surface area contributed by atoms with Gasteiger partial charge in [0.1, 0.15) is 0 Å². The van der Waals surface area contributed by atoms with Crippen LogP contribution in [-0.2, 0) is 9.53 Å². The van der Waals surface area contributed by atoms with Crippen molar-refractivity contribution in [1.29, 1.82) is 0 Å². The molecule has 0 radical (unpaired) electrons. The van der Waals surface area contributed by atoms with Crippen molar-refractivity contribution >= 4 is 23.2 Å². The molecule has 0 atom stereocenters. The van der Waals surface area contributed by atoms with E-state index >= 15 is 0 Å². The summed E-state index contributed by atoms with van der Waals surface area (Å²) < 4.78 is 6.54. The lowest BCUT2D eigenvalue weighted by Gasteiger charge is -1.97. The summed E-state index contributed by atoms with van der Waals surface area (Å²) in [5.41, 5.74) is 1.72. The predicted molar refractivity (Wildman–Crippen MR) is 85.9 cm³/mol. The molecule has 6 heteroatoms. The zero-order chi connectivity index (χ0) is 16.2. The van der Waals surface area contributed by atoms with Crippen LogP contribution in [0.1, 0.15) is 6.92 Å². The molecule has 0 unspecified atom stereocenters. The number of nitrogens with zero attached hydrogens (tertiary/aromatic N) is 4. The SMILES string of the molecule is C=CC[N+](=CC(=O)OCC)CC=C.c1ccc2n[n-]nc2c1. The Morgan fingerprint density at radius 3 is 2.23 bits per heavy atom. The average Bonchev–Trinajstić information content (AvgIpc) is 2.97. The molecule has 0 aliphatic carbocycles. The monoisotopic (exact) mass is 300 g/mol. The van der Waals surface area contributed by atoms with Crippen LogP contribution in [0.15, 0.2) is 49.6 Å².